The smallest absolute Gasteiger partial charge is 0.462 e. The van der Waals surface area contributed by atoms with Crippen molar-refractivity contribution in [2.75, 3.05) is 13.2 Å². The molecule has 13 nitrogen and oxygen atoms in total. The minimum Gasteiger partial charge on any atom is -0.462 e. The summed E-state index contributed by atoms with van der Waals surface area (Å²) in [6.07, 6.45) is 25.5. The van der Waals surface area contributed by atoms with Gasteiger partial charge in [-0.1, -0.05) is 174 Å². The van der Waals surface area contributed by atoms with Gasteiger partial charge in [-0.2, -0.15) is 0 Å². The lowest BCUT2D eigenvalue weighted by Gasteiger charge is -2.41. The Kier molecular flexibility index (Phi) is 34.9. The van der Waals surface area contributed by atoms with Crippen LogP contribution in [-0.4, -0.2) is 98.3 Å². The molecule has 1 fully saturated rings. The van der Waals surface area contributed by atoms with Gasteiger partial charge in [-0.05, 0) is 38.5 Å². The summed E-state index contributed by atoms with van der Waals surface area (Å²) in [6.45, 7) is 3.30. The van der Waals surface area contributed by atoms with Crippen LogP contribution < -0.4 is 0 Å². The van der Waals surface area contributed by atoms with Crippen molar-refractivity contribution in [3.05, 3.63) is 12.2 Å². The van der Waals surface area contributed by atoms with Crippen LogP contribution in [0.15, 0.2) is 12.2 Å². The highest BCUT2D eigenvalue weighted by molar-refractivity contribution is 7.47. The second-order valence-corrected chi connectivity index (χ2v) is 18.4. The molecule has 6 N–H and O–H groups in total. The number of carbonyl (C=O) groups is 2. The Hall–Kier alpha value is -1.41. The molecule has 0 aromatic heterocycles. The monoisotopic (exact) mass is 879 g/mol. The first-order chi connectivity index (χ1) is 28.9. The molecule has 0 aromatic carbocycles. The zero-order valence-electron chi connectivity index (χ0n) is 37.5. The molecule has 1 aliphatic carbocycles. The molecule has 0 saturated heterocycles. The van der Waals surface area contributed by atoms with E-state index < -0.39 is 75.7 Å². The van der Waals surface area contributed by atoms with E-state index in [0.29, 0.717) is 12.8 Å². The molecule has 1 saturated carbocycles. The fourth-order valence-corrected chi connectivity index (χ4v) is 8.43. The summed E-state index contributed by atoms with van der Waals surface area (Å²) in [5.74, 6) is -1.09. The quantitative estimate of drug-likeness (QED) is 0.0147. The normalized spacial score (nSPS) is 22.2. The van der Waals surface area contributed by atoms with E-state index in [-0.39, 0.29) is 12.8 Å². The van der Waals surface area contributed by atoms with Crippen molar-refractivity contribution in [3.63, 3.8) is 0 Å². The summed E-state index contributed by atoms with van der Waals surface area (Å²) in [5, 5.41) is 50.1. The number of aliphatic hydroxyl groups excluding tert-OH is 5. The SMILES string of the molecule is CCCCCCCCCC/C=C\CCCCCCCCCC(=O)OC[C@H](COP(=O)(O)OC1C(O)C(O)C(O)[C@@H](O)C1O)OC(=O)CCCCCCCCCCCCCC. The van der Waals surface area contributed by atoms with Crippen molar-refractivity contribution >= 4 is 19.8 Å². The third-order valence-electron chi connectivity index (χ3n) is 11.4. The fraction of sp³-hybridized carbons (Fsp3) is 0.913. The second kappa shape index (κ2) is 37.0. The lowest BCUT2D eigenvalue weighted by Crippen LogP contribution is -2.64. The molecule has 0 spiro atoms. The van der Waals surface area contributed by atoms with Gasteiger partial charge in [0.1, 0.15) is 43.2 Å². The van der Waals surface area contributed by atoms with Crippen LogP contribution in [0.3, 0.4) is 0 Å². The minimum absolute atomic E-state index is 0.101. The van der Waals surface area contributed by atoms with Crippen molar-refractivity contribution in [3.8, 4) is 0 Å². The average molecular weight is 879 g/mol. The van der Waals surface area contributed by atoms with Gasteiger partial charge in [0.2, 0.25) is 0 Å². The standard InChI is InChI=1S/C46H87O13P/c1-3-5-7-9-11-13-15-17-18-19-20-21-22-23-25-26-28-30-32-34-39(47)56-36-38(58-40(48)35-33-31-29-27-24-16-14-12-10-8-6-4-2)37-57-60(54,55)59-46-44(52)42(50)41(49)43(51)45(46)53/h19-20,38,41-46,49-53H,3-18,21-37H2,1-2H3,(H,54,55)/b20-19-/t38-,41?,42-,43?,44?,45?,46?/m1/s1. The molecule has 0 bridgehead atoms. The van der Waals surface area contributed by atoms with Gasteiger partial charge in [-0.15, -0.1) is 0 Å². The Morgan fingerprint density at radius 3 is 1.27 bits per heavy atom. The van der Waals surface area contributed by atoms with Crippen molar-refractivity contribution in [2.45, 2.75) is 256 Å². The summed E-state index contributed by atoms with van der Waals surface area (Å²) in [4.78, 5) is 35.7. The number of hydrogen-bond acceptors (Lipinski definition) is 12. The van der Waals surface area contributed by atoms with Crippen LogP contribution in [0.5, 0.6) is 0 Å². The molecule has 8 atom stereocenters. The number of unbranched alkanes of at least 4 members (excludes halogenated alkanes) is 26. The molecule has 1 aliphatic rings. The van der Waals surface area contributed by atoms with Crippen LogP contribution >= 0.6 is 7.82 Å². The zero-order valence-corrected chi connectivity index (χ0v) is 38.4. The second-order valence-electron chi connectivity index (χ2n) is 17.0. The molecule has 0 heterocycles. The number of hydrogen-bond donors (Lipinski definition) is 6. The zero-order chi connectivity index (χ0) is 44.3. The van der Waals surface area contributed by atoms with Crippen molar-refractivity contribution in [1.82, 2.24) is 0 Å². The van der Waals surface area contributed by atoms with Crippen LogP contribution in [0.4, 0.5) is 0 Å². The lowest BCUT2D eigenvalue weighted by atomic mass is 9.85. The van der Waals surface area contributed by atoms with Crippen molar-refractivity contribution < 1.29 is 63.1 Å². The largest absolute Gasteiger partial charge is 0.472 e. The van der Waals surface area contributed by atoms with Gasteiger partial charge < -0.3 is 39.9 Å². The molecular weight excluding hydrogens is 791 g/mol. The Morgan fingerprint density at radius 1 is 0.500 bits per heavy atom. The lowest BCUT2D eigenvalue weighted by molar-refractivity contribution is -0.220. The highest BCUT2D eigenvalue weighted by atomic mass is 31.2. The third kappa shape index (κ3) is 29.0. The number of phosphoric acid groups is 1. The molecule has 354 valence electrons. The van der Waals surface area contributed by atoms with Gasteiger partial charge in [0, 0.05) is 12.8 Å². The minimum atomic E-state index is -5.11. The number of allylic oxidation sites excluding steroid dienone is 2. The van der Waals surface area contributed by atoms with E-state index in [1.165, 1.54) is 116 Å². The number of rotatable bonds is 40. The summed E-state index contributed by atoms with van der Waals surface area (Å²) in [6, 6.07) is 0. The van der Waals surface area contributed by atoms with Crippen LogP contribution in [0.1, 0.15) is 213 Å². The van der Waals surface area contributed by atoms with Gasteiger partial charge in [-0.25, -0.2) is 4.57 Å². The molecule has 0 aliphatic heterocycles. The Labute approximate surface area is 363 Å². The molecule has 0 amide bonds. The van der Waals surface area contributed by atoms with Gasteiger partial charge in [-0.3, -0.25) is 18.6 Å². The molecule has 14 heteroatoms. The highest BCUT2D eigenvalue weighted by Gasteiger charge is 2.51. The predicted octanol–water partition coefficient (Wildman–Crippen LogP) is 9.45. The van der Waals surface area contributed by atoms with E-state index in [4.69, 9.17) is 18.5 Å². The number of ether oxygens (including phenoxy) is 2. The average Bonchev–Trinajstić information content (AvgIpc) is 3.23. The van der Waals surface area contributed by atoms with Crippen LogP contribution in [0, 0.1) is 0 Å². The summed E-state index contributed by atoms with van der Waals surface area (Å²) < 4.78 is 33.5. The van der Waals surface area contributed by atoms with Gasteiger partial charge in [0.05, 0.1) is 6.61 Å². The number of esters is 2. The molecule has 6 unspecified atom stereocenters. The van der Waals surface area contributed by atoms with E-state index in [1.807, 2.05) is 0 Å². The van der Waals surface area contributed by atoms with E-state index in [9.17, 15) is 44.6 Å². The van der Waals surface area contributed by atoms with Crippen LogP contribution in [0.25, 0.3) is 0 Å². The van der Waals surface area contributed by atoms with Crippen LogP contribution in [0.2, 0.25) is 0 Å². The maximum Gasteiger partial charge on any atom is 0.472 e. The number of aliphatic hydroxyl groups is 5. The summed E-state index contributed by atoms with van der Waals surface area (Å²) in [7, 11) is -5.11. The predicted molar refractivity (Wildman–Crippen MR) is 235 cm³/mol. The maximum absolute atomic E-state index is 12.8. The van der Waals surface area contributed by atoms with Gasteiger partial charge >= 0.3 is 19.8 Å². The van der Waals surface area contributed by atoms with Gasteiger partial charge in [0.15, 0.2) is 6.10 Å². The first-order valence-electron chi connectivity index (χ1n) is 24.0. The van der Waals surface area contributed by atoms with E-state index in [2.05, 4.69) is 26.0 Å². The molecule has 0 radical (unpaired) electrons. The van der Waals surface area contributed by atoms with Crippen molar-refractivity contribution in [1.29, 1.82) is 0 Å². The first kappa shape index (κ1) is 56.6. The molecule has 1 rings (SSSR count). The number of phosphoric ester groups is 1. The van der Waals surface area contributed by atoms with Crippen LogP contribution in [-0.2, 0) is 32.7 Å². The third-order valence-corrected chi connectivity index (χ3v) is 12.3. The maximum atomic E-state index is 12.8. The Bertz CT molecular complexity index is 1110. The topological polar surface area (TPSA) is 210 Å². The van der Waals surface area contributed by atoms with Gasteiger partial charge in [0.25, 0.3) is 0 Å². The number of carbonyl (C=O) groups excluding carboxylic acids is 2. The highest BCUT2D eigenvalue weighted by Crippen LogP contribution is 2.47. The summed E-state index contributed by atoms with van der Waals surface area (Å²) in [5.41, 5.74) is 0. The Balaban J connectivity index is 2.41. The molecule has 0 aromatic rings. The summed E-state index contributed by atoms with van der Waals surface area (Å²) >= 11 is 0. The van der Waals surface area contributed by atoms with E-state index in [1.54, 1.807) is 0 Å². The van der Waals surface area contributed by atoms with E-state index >= 15 is 0 Å². The molecule has 60 heavy (non-hydrogen) atoms. The first-order valence-corrected chi connectivity index (χ1v) is 25.5. The molecular formula is C46H87O13P. The van der Waals surface area contributed by atoms with E-state index in [0.717, 1.165) is 57.8 Å². The fourth-order valence-electron chi connectivity index (χ4n) is 7.46. The van der Waals surface area contributed by atoms with Crippen molar-refractivity contribution in [2.24, 2.45) is 0 Å². The Morgan fingerprint density at radius 2 is 0.850 bits per heavy atom.